The largest absolute Gasteiger partial charge is 0.508 e. The van der Waals surface area contributed by atoms with Crippen LogP contribution in [-0.2, 0) is 23.8 Å². The van der Waals surface area contributed by atoms with Crippen LogP contribution in [0.2, 0.25) is 0 Å². The Bertz CT molecular complexity index is 880. The van der Waals surface area contributed by atoms with E-state index in [4.69, 9.17) is 25.8 Å². The minimum absolute atomic E-state index is 0.113. The molecule has 4 aliphatic rings. The Balaban J connectivity index is 1.68. The van der Waals surface area contributed by atoms with Crippen LogP contribution in [-0.4, -0.2) is 47.9 Å². The molecule has 1 N–H and O–H groups in total. The number of halogens is 1. The molecule has 4 rings (SSSR count). The standard InChI is InChI=1S/C24H31ClO7/c1-4-30-22(29)32-19-8-7-16-15-6-5-13-9-14(26)10-17(21(28)31-12-25)24(13,3)20(15)18(27)11-23(16,19)2/h9-10,15-16,18-20,27H,4-8,11-12H2,1-3H3. The number of hydrogen-bond acceptors (Lipinski definition) is 7. The fraction of sp³-hybridized carbons (Fsp3) is 0.708. The van der Waals surface area contributed by atoms with Gasteiger partial charge in [-0.2, -0.15) is 0 Å². The molecule has 0 spiro atoms. The van der Waals surface area contributed by atoms with Gasteiger partial charge in [0.25, 0.3) is 0 Å². The van der Waals surface area contributed by atoms with Crippen molar-refractivity contribution in [2.45, 2.75) is 65.1 Å². The molecule has 3 fully saturated rings. The number of carbonyl (C=O) groups excluding carboxylic acids is 3. The third-order valence-electron chi connectivity index (χ3n) is 8.51. The number of aliphatic hydroxyl groups is 1. The van der Waals surface area contributed by atoms with Crippen molar-refractivity contribution in [1.29, 1.82) is 0 Å². The lowest BCUT2D eigenvalue weighted by Crippen LogP contribution is -2.58. The Morgan fingerprint density at radius 3 is 2.62 bits per heavy atom. The van der Waals surface area contributed by atoms with Crippen molar-refractivity contribution in [2.24, 2.45) is 28.6 Å². The lowest BCUT2D eigenvalue weighted by Gasteiger charge is -2.59. The van der Waals surface area contributed by atoms with E-state index in [-0.39, 0.29) is 53.3 Å². The summed E-state index contributed by atoms with van der Waals surface area (Å²) in [5.74, 6) is -0.767. The van der Waals surface area contributed by atoms with Gasteiger partial charge in [-0.1, -0.05) is 31.0 Å². The quantitative estimate of drug-likeness (QED) is 0.495. The fourth-order valence-corrected chi connectivity index (χ4v) is 7.36. The van der Waals surface area contributed by atoms with Gasteiger partial charge in [-0.15, -0.1) is 0 Å². The van der Waals surface area contributed by atoms with Gasteiger partial charge in [0.2, 0.25) is 0 Å². The molecule has 8 heteroatoms. The van der Waals surface area contributed by atoms with Crippen molar-refractivity contribution in [2.75, 3.05) is 12.7 Å². The van der Waals surface area contributed by atoms with E-state index in [1.807, 2.05) is 6.92 Å². The second-order valence-corrected chi connectivity index (χ2v) is 10.1. The molecule has 0 saturated heterocycles. The molecule has 7 atom stereocenters. The lowest BCUT2D eigenvalue weighted by molar-refractivity contribution is -0.148. The van der Waals surface area contributed by atoms with Gasteiger partial charge in [-0.05, 0) is 63.0 Å². The maximum atomic E-state index is 12.8. The van der Waals surface area contributed by atoms with Crippen LogP contribution >= 0.6 is 11.6 Å². The highest BCUT2D eigenvalue weighted by molar-refractivity contribution is 6.18. The number of carbonyl (C=O) groups is 3. The minimum Gasteiger partial charge on any atom is -0.446 e. The molecular weight excluding hydrogens is 436 g/mol. The van der Waals surface area contributed by atoms with Gasteiger partial charge >= 0.3 is 12.1 Å². The first-order valence-corrected chi connectivity index (χ1v) is 11.9. The number of alkyl halides is 1. The molecule has 0 heterocycles. The first kappa shape index (κ1) is 23.3. The summed E-state index contributed by atoms with van der Waals surface area (Å²) in [5.41, 5.74) is -0.0421. The molecule has 0 aromatic heterocycles. The number of hydrogen-bond donors (Lipinski definition) is 1. The van der Waals surface area contributed by atoms with E-state index in [0.717, 1.165) is 18.4 Å². The summed E-state index contributed by atoms with van der Waals surface area (Å²) in [5, 5.41) is 11.5. The Hall–Kier alpha value is -1.86. The number of ether oxygens (including phenoxy) is 3. The molecule has 4 aliphatic carbocycles. The molecule has 3 saturated carbocycles. The number of esters is 1. The monoisotopic (exact) mass is 466 g/mol. The number of fused-ring (bicyclic) bond motifs is 5. The number of aliphatic hydroxyl groups excluding tert-OH is 1. The second kappa shape index (κ2) is 8.49. The summed E-state index contributed by atoms with van der Waals surface area (Å²) in [7, 11) is 0. The van der Waals surface area contributed by atoms with Gasteiger partial charge in [0.05, 0.1) is 18.3 Å². The van der Waals surface area contributed by atoms with Crippen molar-refractivity contribution in [3.8, 4) is 0 Å². The van der Waals surface area contributed by atoms with E-state index in [2.05, 4.69) is 6.92 Å². The SMILES string of the molecule is CCOC(=O)OC1CCC2C3CCC4=CC(=O)C=C(C(=O)OCCl)C4(C)C3C(O)CC12C. The molecule has 32 heavy (non-hydrogen) atoms. The third kappa shape index (κ3) is 3.48. The maximum Gasteiger partial charge on any atom is 0.508 e. The van der Waals surface area contributed by atoms with Crippen LogP contribution in [0.1, 0.15) is 52.9 Å². The van der Waals surface area contributed by atoms with Crippen molar-refractivity contribution in [3.05, 3.63) is 23.3 Å². The molecular formula is C24H31ClO7. The number of ketones is 1. The average Bonchev–Trinajstić information content (AvgIpc) is 3.03. The zero-order valence-electron chi connectivity index (χ0n) is 18.8. The van der Waals surface area contributed by atoms with Gasteiger partial charge in [0.15, 0.2) is 11.8 Å². The van der Waals surface area contributed by atoms with Gasteiger partial charge in [-0.3, -0.25) is 4.79 Å². The zero-order valence-corrected chi connectivity index (χ0v) is 19.5. The van der Waals surface area contributed by atoms with E-state index in [9.17, 15) is 19.5 Å². The molecule has 0 aliphatic heterocycles. The summed E-state index contributed by atoms with van der Waals surface area (Å²) in [6.45, 7) is 6.01. The Morgan fingerprint density at radius 1 is 1.19 bits per heavy atom. The fourth-order valence-electron chi connectivity index (χ4n) is 7.26. The van der Waals surface area contributed by atoms with Gasteiger partial charge in [-0.25, -0.2) is 9.59 Å². The summed E-state index contributed by atoms with van der Waals surface area (Å²) in [4.78, 5) is 37.2. The molecule has 176 valence electrons. The third-order valence-corrected chi connectivity index (χ3v) is 8.62. The van der Waals surface area contributed by atoms with Crippen molar-refractivity contribution in [1.82, 2.24) is 0 Å². The van der Waals surface area contributed by atoms with E-state index in [1.165, 1.54) is 6.08 Å². The molecule has 7 nitrogen and oxygen atoms in total. The Kier molecular flexibility index (Phi) is 6.18. The van der Waals surface area contributed by atoms with Crippen molar-refractivity contribution in [3.63, 3.8) is 0 Å². The Morgan fingerprint density at radius 2 is 1.94 bits per heavy atom. The normalized spacial score (nSPS) is 40.3. The smallest absolute Gasteiger partial charge is 0.446 e. The highest BCUT2D eigenvalue weighted by Gasteiger charge is 2.64. The summed E-state index contributed by atoms with van der Waals surface area (Å²) >= 11 is 5.64. The lowest BCUT2D eigenvalue weighted by atomic mass is 9.46. The van der Waals surface area contributed by atoms with Crippen LogP contribution in [0.15, 0.2) is 23.3 Å². The summed E-state index contributed by atoms with van der Waals surface area (Å²) in [6, 6.07) is -0.302. The second-order valence-electron chi connectivity index (χ2n) is 9.85. The van der Waals surface area contributed by atoms with Crippen LogP contribution in [0.25, 0.3) is 0 Å². The molecule has 0 aromatic rings. The number of rotatable bonds is 4. The van der Waals surface area contributed by atoms with E-state index >= 15 is 0 Å². The van der Waals surface area contributed by atoms with Crippen LogP contribution in [0, 0.1) is 28.6 Å². The average molecular weight is 467 g/mol. The van der Waals surface area contributed by atoms with Crippen LogP contribution < -0.4 is 0 Å². The topological polar surface area (TPSA) is 99.1 Å². The minimum atomic E-state index is -0.805. The van der Waals surface area contributed by atoms with E-state index < -0.39 is 23.6 Å². The molecule has 0 aromatic carbocycles. The van der Waals surface area contributed by atoms with Crippen molar-refractivity contribution < 1.29 is 33.7 Å². The van der Waals surface area contributed by atoms with Crippen LogP contribution in [0.3, 0.4) is 0 Å². The summed E-state index contributed by atoms with van der Waals surface area (Å²) < 4.78 is 15.7. The highest BCUT2D eigenvalue weighted by Crippen LogP contribution is 2.66. The molecule has 0 amide bonds. The number of allylic oxidation sites excluding steroid dienone is 3. The van der Waals surface area contributed by atoms with E-state index in [1.54, 1.807) is 13.0 Å². The first-order valence-electron chi connectivity index (χ1n) is 11.4. The van der Waals surface area contributed by atoms with Gasteiger partial charge < -0.3 is 19.3 Å². The van der Waals surface area contributed by atoms with E-state index in [0.29, 0.717) is 19.3 Å². The highest BCUT2D eigenvalue weighted by atomic mass is 35.5. The maximum absolute atomic E-state index is 12.8. The summed E-state index contributed by atoms with van der Waals surface area (Å²) in [6.07, 6.45) is 4.71. The molecule has 0 bridgehead atoms. The predicted octanol–water partition coefficient (Wildman–Crippen LogP) is 3.92. The van der Waals surface area contributed by atoms with Gasteiger partial charge in [0, 0.05) is 16.7 Å². The molecule has 7 unspecified atom stereocenters. The van der Waals surface area contributed by atoms with Crippen LogP contribution in [0.5, 0.6) is 0 Å². The predicted molar refractivity (Wildman–Crippen MR) is 116 cm³/mol. The van der Waals surface area contributed by atoms with Gasteiger partial charge in [0.1, 0.15) is 6.10 Å². The Labute approximate surface area is 193 Å². The molecule has 0 radical (unpaired) electrons. The van der Waals surface area contributed by atoms with Crippen LogP contribution in [0.4, 0.5) is 4.79 Å². The zero-order chi connectivity index (χ0) is 23.3. The first-order chi connectivity index (χ1) is 15.2. The van der Waals surface area contributed by atoms with Crippen molar-refractivity contribution >= 4 is 29.5 Å².